The van der Waals surface area contributed by atoms with E-state index in [0.29, 0.717) is 53.1 Å². The number of amides is 1. The number of benzene rings is 2. The van der Waals surface area contributed by atoms with Crippen LogP contribution in [0.1, 0.15) is 12.6 Å². The number of pyridine rings is 1. The van der Waals surface area contributed by atoms with Gasteiger partial charge in [0.05, 0.1) is 31.9 Å². The molecule has 0 spiro atoms. The predicted octanol–water partition coefficient (Wildman–Crippen LogP) is 5.18. The molecule has 1 aliphatic heterocycles. The number of fused-ring (bicyclic) bond motifs is 2. The number of aryl methyl sites for hydroxylation is 1. The summed E-state index contributed by atoms with van der Waals surface area (Å²) >= 11 is 0. The van der Waals surface area contributed by atoms with Crippen LogP contribution in [0.3, 0.4) is 0 Å². The van der Waals surface area contributed by atoms with Crippen LogP contribution < -0.4 is 14.2 Å². The minimum atomic E-state index is -0.501. The second kappa shape index (κ2) is 8.83. The molecule has 3 heterocycles. The molecule has 8 nitrogen and oxygen atoms in total. The van der Waals surface area contributed by atoms with Crippen LogP contribution in [0.5, 0.6) is 23.0 Å². The summed E-state index contributed by atoms with van der Waals surface area (Å²) in [4.78, 5) is 21.9. The van der Waals surface area contributed by atoms with E-state index in [0.717, 1.165) is 5.69 Å². The van der Waals surface area contributed by atoms with E-state index in [-0.39, 0.29) is 17.5 Å². The first-order chi connectivity index (χ1) is 16.4. The van der Waals surface area contributed by atoms with E-state index in [1.54, 1.807) is 47.5 Å². The van der Waals surface area contributed by atoms with E-state index in [1.807, 2.05) is 13.8 Å². The number of halogens is 1. The maximum atomic E-state index is 15.1. The molecule has 2 aromatic carbocycles. The second-order valence-corrected chi connectivity index (χ2v) is 8.21. The normalized spacial score (nSPS) is 16.1. The third kappa shape index (κ3) is 3.99. The first-order valence-electron chi connectivity index (χ1n) is 10.9. The molecule has 1 aliphatic rings. The van der Waals surface area contributed by atoms with Crippen LogP contribution in [0.2, 0.25) is 0 Å². The summed E-state index contributed by atoms with van der Waals surface area (Å²) in [5, 5.41) is 0.996. The van der Waals surface area contributed by atoms with Gasteiger partial charge in [0.15, 0.2) is 23.1 Å². The quantitative estimate of drug-likeness (QED) is 0.447. The van der Waals surface area contributed by atoms with Crippen LogP contribution >= 0.6 is 0 Å². The number of nitrogens with zero attached hydrogens (tertiary/aromatic N) is 2. The molecule has 1 atom stereocenters. The molecule has 1 fully saturated rings. The number of ether oxygens (including phenoxy) is 4. The van der Waals surface area contributed by atoms with Gasteiger partial charge in [-0.15, -0.1) is 0 Å². The van der Waals surface area contributed by atoms with Gasteiger partial charge in [-0.2, -0.15) is 0 Å². The molecular formula is C25H24FN3O5. The zero-order valence-electron chi connectivity index (χ0n) is 19.1. The van der Waals surface area contributed by atoms with Crippen molar-refractivity contribution in [3.05, 3.63) is 54.1 Å². The Labute approximate surface area is 195 Å². The standard InChI is InChI=1S/C25H24FN3O5/c1-14-10-17-18(28-14)4-5-21(24(17)26)33-20-6-7-27-19-12-22(31-3)23(11-16(19)20)34-25(30)29-8-9-32-13-15(29)2/h4-7,10-12,15,28H,8-9,13H2,1-3H3/t15-/m1/s1. The number of aromatic nitrogens is 2. The fraction of sp³-hybridized carbons (Fsp3) is 0.280. The van der Waals surface area contributed by atoms with E-state index in [4.69, 9.17) is 18.9 Å². The molecule has 2 aromatic heterocycles. The van der Waals surface area contributed by atoms with Crippen LogP contribution in [-0.4, -0.2) is 53.9 Å². The largest absolute Gasteiger partial charge is 0.493 e. The molecular weight excluding hydrogens is 441 g/mol. The Balaban J connectivity index is 1.51. The molecule has 0 saturated carbocycles. The highest BCUT2D eigenvalue weighted by Crippen LogP contribution is 2.38. The summed E-state index contributed by atoms with van der Waals surface area (Å²) in [5.74, 6) is 0.550. The number of aromatic amines is 1. The number of carbonyl (C=O) groups excluding carboxylic acids is 1. The van der Waals surface area contributed by atoms with Crippen molar-refractivity contribution in [1.82, 2.24) is 14.9 Å². The van der Waals surface area contributed by atoms with Gasteiger partial charge in [0.1, 0.15) is 5.75 Å². The zero-order valence-corrected chi connectivity index (χ0v) is 19.1. The van der Waals surface area contributed by atoms with Gasteiger partial charge in [-0.1, -0.05) is 0 Å². The average molecular weight is 465 g/mol. The SMILES string of the molecule is COc1cc2nccc(Oc3ccc4[nH]c(C)cc4c3F)c2cc1OC(=O)N1CCOC[C@H]1C. The topological polar surface area (TPSA) is 85.9 Å². The Hall–Kier alpha value is -3.85. The molecule has 9 heteroatoms. The minimum absolute atomic E-state index is 0.0792. The van der Waals surface area contributed by atoms with E-state index >= 15 is 4.39 Å². The van der Waals surface area contributed by atoms with Gasteiger partial charge in [-0.05, 0) is 44.2 Å². The maximum Gasteiger partial charge on any atom is 0.415 e. The average Bonchev–Trinajstić information content (AvgIpc) is 3.22. The zero-order chi connectivity index (χ0) is 23.8. The first-order valence-corrected chi connectivity index (χ1v) is 10.9. The van der Waals surface area contributed by atoms with Crippen molar-refractivity contribution in [1.29, 1.82) is 0 Å². The van der Waals surface area contributed by atoms with Crippen molar-refractivity contribution in [2.75, 3.05) is 26.9 Å². The maximum absolute atomic E-state index is 15.1. The van der Waals surface area contributed by atoms with Crippen molar-refractivity contribution >= 4 is 27.9 Å². The van der Waals surface area contributed by atoms with Gasteiger partial charge >= 0.3 is 6.09 Å². The second-order valence-electron chi connectivity index (χ2n) is 8.21. The molecule has 1 amide bonds. The van der Waals surface area contributed by atoms with Crippen LogP contribution in [0.15, 0.2) is 42.6 Å². The number of hydrogen-bond acceptors (Lipinski definition) is 6. The van der Waals surface area contributed by atoms with Crippen LogP contribution in [0, 0.1) is 12.7 Å². The van der Waals surface area contributed by atoms with Gasteiger partial charge in [0.25, 0.3) is 0 Å². The van der Waals surface area contributed by atoms with Crippen LogP contribution in [-0.2, 0) is 4.74 Å². The summed E-state index contributed by atoms with van der Waals surface area (Å²) in [5.41, 5.74) is 2.10. The summed E-state index contributed by atoms with van der Waals surface area (Å²) in [6.07, 6.45) is 1.06. The van der Waals surface area contributed by atoms with Crippen LogP contribution in [0.25, 0.3) is 21.8 Å². The molecule has 0 aliphatic carbocycles. The number of carbonyl (C=O) groups is 1. The predicted molar refractivity (Wildman–Crippen MR) is 124 cm³/mol. The van der Waals surface area contributed by atoms with E-state index in [1.165, 1.54) is 7.11 Å². The molecule has 0 bridgehead atoms. The molecule has 1 N–H and O–H groups in total. The Morgan fingerprint density at radius 3 is 2.79 bits per heavy atom. The molecule has 1 saturated heterocycles. The van der Waals surface area contributed by atoms with Crippen molar-refractivity contribution in [2.45, 2.75) is 19.9 Å². The molecule has 5 rings (SSSR count). The van der Waals surface area contributed by atoms with E-state index in [9.17, 15) is 4.79 Å². The molecule has 34 heavy (non-hydrogen) atoms. The summed E-state index contributed by atoms with van der Waals surface area (Å²) < 4.78 is 37.6. The molecule has 0 unspecified atom stereocenters. The van der Waals surface area contributed by atoms with Gasteiger partial charge in [-0.25, -0.2) is 9.18 Å². The Morgan fingerprint density at radius 1 is 1.15 bits per heavy atom. The van der Waals surface area contributed by atoms with E-state index < -0.39 is 11.9 Å². The summed E-state index contributed by atoms with van der Waals surface area (Å²) in [6.45, 7) is 5.09. The number of hydrogen-bond donors (Lipinski definition) is 1. The van der Waals surface area contributed by atoms with Gasteiger partial charge in [0.2, 0.25) is 0 Å². The lowest BCUT2D eigenvalue weighted by Crippen LogP contribution is -2.48. The van der Waals surface area contributed by atoms with Crippen molar-refractivity contribution in [3.8, 4) is 23.0 Å². The summed E-state index contributed by atoms with van der Waals surface area (Å²) in [7, 11) is 1.49. The van der Waals surface area contributed by atoms with Crippen molar-refractivity contribution < 1.29 is 28.1 Å². The first kappa shape index (κ1) is 22.0. The molecule has 4 aromatic rings. The highest BCUT2D eigenvalue weighted by Gasteiger charge is 2.26. The molecule has 0 radical (unpaired) electrons. The van der Waals surface area contributed by atoms with Crippen molar-refractivity contribution in [2.24, 2.45) is 0 Å². The number of morpholine rings is 1. The third-order valence-electron chi connectivity index (χ3n) is 5.84. The lowest BCUT2D eigenvalue weighted by atomic mass is 10.1. The highest BCUT2D eigenvalue weighted by molar-refractivity contribution is 5.89. The van der Waals surface area contributed by atoms with Crippen LogP contribution in [0.4, 0.5) is 9.18 Å². The monoisotopic (exact) mass is 465 g/mol. The Bertz CT molecular complexity index is 1390. The van der Waals surface area contributed by atoms with E-state index in [2.05, 4.69) is 9.97 Å². The number of nitrogens with one attached hydrogen (secondary N) is 1. The van der Waals surface area contributed by atoms with Gasteiger partial charge < -0.3 is 28.8 Å². The third-order valence-corrected chi connectivity index (χ3v) is 5.84. The number of methoxy groups -OCH3 is 1. The fourth-order valence-electron chi connectivity index (χ4n) is 4.09. The Kier molecular flexibility index (Phi) is 5.70. The van der Waals surface area contributed by atoms with Crippen molar-refractivity contribution in [3.63, 3.8) is 0 Å². The smallest absolute Gasteiger partial charge is 0.415 e. The lowest BCUT2D eigenvalue weighted by Gasteiger charge is -2.32. The number of H-pyrrole nitrogens is 1. The van der Waals surface area contributed by atoms with Gasteiger partial charge in [0, 0.05) is 40.8 Å². The Morgan fingerprint density at radius 2 is 2.00 bits per heavy atom. The number of rotatable bonds is 4. The lowest BCUT2D eigenvalue weighted by molar-refractivity contribution is 0.00834. The van der Waals surface area contributed by atoms with Gasteiger partial charge in [-0.3, -0.25) is 4.98 Å². The minimum Gasteiger partial charge on any atom is -0.493 e. The summed E-state index contributed by atoms with van der Waals surface area (Å²) in [6, 6.07) is 9.88. The molecule has 176 valence electrons. The fourth-order valence-corrected chi connectivity index (χ4v) is 4.09. The highest BCUT2D eigenvalue weighted by atomic mass is 19.1.